The molecule has 0 bridgehead atoms. The van der Waals surface area contributed by atoms with Gasteiger partial charge in [-0.15, -0.1) is 11.3 Å². The standard InChI is InChI=1S/C23H16ClN5O5S/c24-20-4-3-15(35-20)10-26-21-9-16(27-29(21)23(32)18-2-1-7-33-18)14-5-6-28(22(31)8-14)12-17(30)19-11-25-13-34-19/h1-9,11,13,26H,10,12H2. The third kappa shape index (κ3) is 4.86. The number of nitrogens with one attached hydrogen (secondary N) is 1. The number of carbonyl (C=O) groups excluding carboxylic acids is 2. The van der Waals surface area contributed by atoms with E-state index in [4.69, 9.17) is 20.4 Å². The summed E-state index contributed by atoms with van der Waals surface area (Å²) in [4.78, 5) is 42.6. The molecule has 35 heavy (non-hydrogen) atoms. The largest absolute Gasteiger partial charge is 0.459 e. The first-order valence-electron chi connectivity index (χ1n) is 10.3. The van der Waals surface area contributed by atoms with E-state index >= 15 is 0 Å². The number of ketones is 1. The molecule has 0 radical (unpaired) electrons. The molecule has 0 atom stereocenters. The summed E-state index contributed by atoms with van der Waals surface area (Å²) >= 11 is 7.43. The van der Waals surface area contributed by atoms with Gasteiger partial charge in [0.25, 0.3) is 5.56 Å². The fraction of sp³-hybridized carbons (Fsp3) is 0.0870. The lowest BCUT2D eigenvalue weighted by Crippen LogP contribution is -2.23. The van der Waals surface area contributed by atoms with Gasteiger partial charge < -0.3 is 18.7 Å². The minimum atomic E-state index is -0.473. The molecule has 5 aromatic rings. The number of nitrogens with zero attached hydrogens (tertiary/aromatic N) is 4. The van der Waals surface area contributed by atoms with Gasteiger partial charge >= 0.3 is 5.91 Å². The number of rotatable bonds is 8. The van der Waals surface area contributed by atoms with Crippen molar-refractivity contribution in [2.24, 2.45) is 0 Å². The number of thiophene rings is 1. The highest BCUT2D eigenvalue weighted by molar-refractivity contribution is 7.16. The summed E-state index contributed by atoms with van der Waals surface area (Å²) < 4.78 is 13.3. The van der Waals surface area contributed by atoms with Crippen molar-refractivity contribution in [1.29, 1.82) is 0 Å². The van der Waals surface area contributed by atoms with E-state index < -0.39 is 11.5 Å². The third-order valence-corrected chi connectivity index (χ3v) is 6.25. The Kier molecular flexibility index (Phi) is 6.17. The van der Waals surface area contributed by atoms with Crippen LogP contribution in [-0.2, 0) is 13.1 Å². The molecule has 10 nitrogen and oxygen atoms in total. The van der Waals surface area contributed by atoms with Gasteiger partial charge in [0.1, 0.15) is 5.82 Å². The topological polar surface area (TPSA) is 125 Å². The van der Waals surface area contributed by atoms with Crippen LogP contribution in [-0.4, -0.2) is 31.0 Å². The van der Waals surface area contributed by atoms with Gasteiger partial charge in [-0.25, -0.2) is 4.98 Å². The van der Waals surface area contributed by atoms with Gasteiger partial charge in [0, 0.05) is 28.8 Å². The van der Waals surface area contributed by atoms with Crippen LogP contribution >= 0.6 is 22.9 Å². The van der Waals surface area contributed by atoms with Crippen molar-refractivity contribution in [2.75, 3.05) is 5.32 Å². The van der Waals surface area contributed by atoms with Crippen molar-refractivity contribution >= 4 is 40.4 Å². The number of furan rings is 1. The molecule has 0 aliphatic rings. The zero-order valence-electron chi connectivity index (χ0n) is 17.9. The maximum Gasteiger partial charge on any atom is 0.315 e. The number of hydrogen-bond donors (Lipinski definition) is 1. The molecular formula is C23H16ClN5O5S. The van der Waals surface area contributed by atoms with Gasteiger partial charge in [0.15, 0.2) is 17.9 Å². The van der Waals surface area contributed by atoms with Gasteiger partial charge in [-0.1, -0.05) is 11.6 Å². The van der Waals surface area contributed by atoms with Crippen molar-refractivity contribution in [3.8, 4) is 11.3 Å². The van der Waals surface area contributed by atoms with Crippen molar-refractivity contribution in [3.63, 3.8) is 0 Å². The normalized spacial score (nSPS) is 11.0. The van der Waals surface area contributed by atoms with Crippen LogP contribution in [0.5, 0.6) is 0 Å². The Morgan fingerprint density at radius 2 is 2.00 bits per heavy atom. The predicted molar refractivity (Wildman–Crippen MR) is 128 cm³/mol. The Bertz CT molecular complexity index is 1550. The van der Waals surface area contributed by atoms with Gasteiger partial charge in [-0.05, 0) is 30.3 Å². The third-order valence-electron chi connectivity index (χ3n) is 5.02. The maximum absolute atomic E-state index is 13.0. The monoisotopic (exact) mass is 509 g/mol. The lowest BCUT2D eigenvalue weighted by Gasteiger charge is -2.06. The van der Waals surface area contributed by atoms with Crippen LogP contribution in [0, 0.1) is 0 Å². The first-order valence-corrected chi connectivity index (χ1v) is 11.5. The van der Waals surface area contributed by atoms with E-state index in [1.807, 2.05) is 6.07 Å². The summed E-state index contributed by atoms with van der Waals surface area (Å²) in [5.41, 5.74) is 0.457. The summed E-state index contributed by atoms with van der Waals surface area (Å²) in [7, 11) is 0. The van der Waals surface area contributed by atoms with E-state index in [9.17, 15) is 14.4 Å². The molecule has 0 aliphatic carbocycles. The predicted octanol–water partition coefficient (Wildman–Crippen LogP) is 4.19. The van der Waals surface area contributed by atoms with Crippen molar-refractivity contribution in [2.45, 2.75) is 13.1 Å². The van der Waals surface area contributed by atoms with E-state index in [1.54, 1.807) is 30.3 Å². The Balaban J connectivity index is 1.43. The molecule has 1 N–H and O–H groups in total. The smallest absolute Gasteiger partial charge is 0.315 e. The number of pyridine rings is 1. The SMILES string of the molecule is O=C(Cn1ccc(-c2cc(NCc3ccc(Cl)s3)n(C(=O)c3ccco3)n2)cc1=O)c1cnco1. The molecule has 5 aromatic heterocycles. The highest BCUT2D eigenvalue weighted by Crippen LogP contribution is 2.25. The Labute approximate surface area is 206 Å². The van der Waals surface area contributed by atoms with Gasteiger partial charge in [0.2, 0.25) is 5.78 Å². The Morgan fingerprint density at radius 1 is 1.11 bits per heavy atom. The van der Waals surface area contributed by atoms with E-state index in [0.29, 0.717) is 28.0 Å². The second-order valence-electron chi connectivity index (χ2n) is 7.34. The van der Waals surface area contributed by atoms with E-state index in [2.05, 4.69) is 15.4 Å². The van der Waals surface area contributed by atoms with E-state index in [0.717, 1.165) is 11.3 Å². The van der Waals surface area contributed by atoms with Crippen LogP contribution in [0.2, 0.25) is 4.34 Å². The quantitative estimate of drug-likeness (QED) is 0.309. The molecular weight excluding hydrogens is 494 g/mol. The van der Waals surface area contributed by atoms with Gasteiger partial charge in [0.05, 0.1) is 35.6 Å². The van der Waals surface area contributed by atoms with Crippen molar-refractivity contribution in [3.05, 3.63) is 98.6 Å². The molecule has 0 saturated carbocycles. The van der Waals surface area contributed by atoms with E-state index in [1.165, 1.54) is 45.3 Å². The number of halogens is 1. The number of anilines is 1. The lowest BCUT2D eigenvalue weighted by molar-refractivity contribution is 0.0918. The second kappa shape index (κ2) is 9.57. The summed E-state index contributed by atoms with van der Waals surface area (Å²) in [5.74, 6) is -0.262. The number of oxazole rings is 1. The molecule has 0 aliphatic heterocycles. The number of hydrogen-bond acceptors (Lipinski definition) is 9. The first kappa shape index (κ1) is 22.6. The minimum Gasteiger partial charge on any atom is -0.459 e. The van der Waals surface area contributed by atoms with Crippen molar-refractivity contribution < 1.29 is 18.4 Å². The molecule has 176 valence electrons. The fourth-order valence-corrected chi connectivity index (χ4v) is 4.34. The average molecular weight is 510 g/mol. The molecule has 0 amide bonds. The van der Waals surface area contributed by atoms with Crippen LogP contribution in [0.25, 0.3) is 11.3 Å². The minimum absolute atomic E-state index is 0.0684. The molecule has 12 heteroatoms. The zero-order chi connectivity index (χ0) is 24.4. The zero-order valence-corrected chi connectivity index (χ0v) is 19.5. The van der Waals surface area contributed by atoms with Crippen LogP contribution in [0.1, 0.15) is 26.0 Å². The van der Waals surface area contributed by atoms with Crippen LogP contribution < -0.4 is 10.9 Å². The summed E-state index contributed by atoms with van der Waals surface area (Å²) in [6.45, 7) is 0.217. The van der Waals surface area contributed by atoms with Gasteiger partial charge in [-0.3, -0.25) is 14.4 Å². The maximum atomic E-state index is 13.0. The highest BCUT2D eigenvalue weighted by Gasteiger charge is 2.20. The Hall–Kier alpha value is -4.22. The molecule has 5 rings (SSSR count). The second-order valence-corrected chi connectivity index (χ2v) is 9.14. The van der Waals surface area contributed by atoms with Crippen LogP contribution in [0.15, 0.2) is 81.1 Å². The molecule has 0 saturated heterocycles. The highest BCUT2D eigenvalue weighted by atomic mass is 35.5. The summed E-state index contributed by atoms with van der Waals surface area (Å²) in [5, 5.41) is 7.60. The first-order chi connectivity index (χ1) is 17.0. The lowest BCUT2D eigenvalue weighted by atomic mass is 10.2. The summed E-state index contributed by atoms with van der Waals surface area (Å²) in [6.07, 6.45) is 5.33. The number of aromatic nitrogens is 4. The summed E-state index contributed by atoms with van der Waals surface area (Å²) in [6, 6.07) is 11.5. The van der Waals surface area contributed by atoms with E-state index in [-0.39, 0.29) is 23.8 Å². The molecule has 0 aromatic carbocycles. The molecule has 0 spiro atoms. The molecule has 0 unspecified atom stereocenters. The Morgan fingerprint density at radius 3 is 2.69 bits per heavy atom. The average Bonchev–Trinajstić information content (AvgIpc) is 3.66. The fourth-order valence-electron chi connectivity index (χ4n) is 3.32. The van der Waals surface area contributed by atoms with Gasteiger partial charge in [-0.2, -0.15) is 9.78 Å². The number of carbonyl (C=O) groups is 2. The molecule has 0 fully saturated rings. The molecule has 5 heterocycles. The number of Topliss-reactive ketones (excluding diaryl/α,β-unsaturated/α-hetero) is 1. The van der Waals surface area contributed by atoms with Crippen LogP contribution in [0.3, 0.4) is 0 Å². The van der Waals surface area contributed by atoms with Crippen LogP contribution in [0.4, 0.5) is 5.82 Å². The van der Waals surface area contributed by atoms with Crippen molar-refractivity contribution in [1.82, 2.24) is 19.3 Å².